The number of methoxy groups -OCH3 is 1. The van der Waals surface area contributed by atoms with Crippen LogP contribution in [0.3, 0.4) is 0 Å². The van der Waals surface area contributed by atoms with Crippen molar-refractivity contribution in [3.63, 3.8) is 0 Å². The summed E-state index contributed by atoms with van der Waals surface area (Å²) in [6, 6.07) is 0. The molecule has 0 bridgehead atoms. The molecule has 0 saturated carbocycles. The predicted octanol–water partition coefficient (Wildman–Crippen LogP) is 1.21. The number of aromatic nitrogens is 1. The molecule has 1 rings (SSSR count). The Labute approximate surface area is 76.0 Å². The maximum Gasteiger partial charge on any atom is 0.119 e. The molecule has 0 saturated heterocycles. The van der Waals surface area contributed by atoms with Gasteiger partial charge in [0, 0.05) is 18.9 Å². The van der Waals surface area contributed by atoms with Gasteiger partial charge in [-0.15, -0.1) is 11.3 Å². The Morgan fingerprint density at radius 3 is 3.08 bits per heavy atom. The van der Waals surface area contributed by atoms with Crippen molar-refractivity contribution in [1.82, 2.24) is 4.98 Å². The highest BCUT2D eigenvalue weighted by molar-refractivity contribution is 7.09. The summed E-state index contributed by atoms with van der Waals surface area (Å²) < 4.78 is 4.93. The minimum Gasteiger partial charge on any atom is -0.393 e. The van der Waals surface area contributed by atoms with Crippen LogP contribution in [0.5, 0.6) is 0 Å². The van der Waals surface area contributed by atoms with Gasteiger partial charge in [0.15, 0.2) is 0 Å². The normalized spacial score (nSPS) is 13.2. The van der Waals surface area contributed by atoms with Crippen molar-refractivity contribution in [3.8, 4) is 0 Å². The summed E-state index contributed by atoms with van der Waals surface area (Å²) in [5.41, 5.74) is 0.946. The number of rotatable bonds is 4. The molecule has 0 fully saturated rings. The molecule has 3 nitrogen and oxygen atoms in total. The molecule has 1 heterocycles. The molecule has 68 valence electrons. The first-order valence-corrected chi connectivity index (χ1v) is 4.70. The van der Waals surface area contributed by atoms with Crippen molar-refractivity contribution in [3.05, 3.63) is 16.1 Å². The molecule has 0 unspecified atom stereocenters. The van der Waals surface area contributed by atoms with Gasteiger partial charge in [-0.05, 0) is 6.92 Å². The average molecular weight is 187 g/mol. The number of aliphatic hydroxyl groups is 1. The van der Waals surface area contributed by atoms with Crippen LogP contribution in [0.4, 0.5) is 0 Å². The van der Waals surface area contributed by atoms with E-state index in [1.54, 1.807) is 25.4 Å². The Bertz CT molecular complexity index is 235. The smallest absolute Gasteiger partial charge is 0.119 e. The lowest BCUT2D eigenvalue weighted by molar-refractivity contribution is 0.183. The molecule has 0 aliphatic rings. The van der Waals surface area contributed by atoms with Gasteiger partial charge in [-0.1, -0.05) is 0 Å². The molecule has 0 radical (unpaired) electrons. The molecule has 1 N–H and O–H groups in total. The Morgan fingerprint density at radius 1 is 1.75 bits per heavy atom. The van der Waals surface area contributed by atoms with Crippen molar-refractivity contribution in [2.24, 2.45) is 0 Å². The van der Waals surface area contributed by atoms with Gasteiger partial charge in [0.05, 0.1) is 18.4 Å². The largest absolute Gasteiger partial charge is 0.393 e. The van der Waals surface area contributed by atoms with E-state index in [-0.39, 0.29) is 6.10 Å². The van der Waals surface area contributed by atoms with Crippen LogP contribution in [-0.4, -0.2) is 23.3 Å². The zero-order valence-corrected chi connectivity index (χ0v) is 8.10. The molecule has 0 aromatic carbocycles. The number of ether oxygens (including phenoxy) is 1. The molecular weight excluding hydrogens is 174 g/mol. The fourth-order valence-corrected chi connectivity index (χ4v) is 1.71. The first-order valence-electron chi connectivity index (χ1n) is 3.82. The molecular formula is C8H13NO2S. The van der Waals surface area contributed by atoms with Crippen molar-refractivity contribution < 1.29 is 9.84 Å². The van der Waals surface area contributed by atoms with E-state index in [1.807, 2.05) is 5.38 Å². The van der Waals surface area contributed by atoms with E-state index in [0.29, 0.717) is 13.0 Å². The molecule has 0 aliphatic carbocycles. The van der Waals surface area contributed by atoms with E-state index in [1.165, 1.54) is 0 Å². The molecule has 1 aromatic rings. The number of nitrogens with zero attached hydrogens (tertiary/aromatic N) is 1. The van der Waals surface area contributed by atoms with E-state index >= 15 is 0 Å². The van der Waals surface area contributed by atoms with Gasteiger partial charge < -0.3 is 9.84 Å². The van der Waals surface area contributed by atoms with Crippen LogP contribution in [-0.2, 0) is 17.8 Å². The molecule has 1 aromatic heterocycles. The van der Waals surface area contributed by atoms with Gasteiger partial charge in [0.1, 0.15) is 5.01 Å². The fourth-order valence-electron chi connectivity index (χ4n) is 0.935. The highest BCUT2D eigenvalue weighted by Gasteiger charge is 2.03. The number of hydrogen-bond donors (Lipinski definition) is 1. The summed E-state index contributed by atoms with van der Waals surface area (Å²) in [5, 5.41) is 12.0. The first kappa shape index (κ1) is 9.64. The van der Waals surface area contributed by atoms with Gasteiger partial charge in [-0.2, -0.15) is 0 Å². The second-order valence-corrected chi connectivity index (χ2v) is 3.66. The summed E-state index contributed by atoms with van der Waals surface area (Å²) in [4.78, 5) is 4.27. The molecule has 0 spiro atoms. The Hall–Kier alpha value is -0.450. The van der Waals surface area contributed by atoms with Crippen molar-refractivity contribution >= 4 is 11.3 Å². The second-order valence-electron chi connectivity index (χ2n) is 2.72. The molecule has 12 heavy (non-hydrogen) atoms. The first-order chi connectivity index (χ1) is 5.72. The Kier molecular flexibility index (Phi) is 3.65. The van der Waals surface area contributed by atoms with Gasteiger partial charge in [-0.3, -0.25) is 0 Å². The van der Waals surface area contributed by atoms with E-state index in [9.17, 15) is 0 Å². The monoisotopic (exact) mass is 187 g/mol. The summed E-state index contributed by atoms with van der Waals surface area (Å²) in [6.45, 7) is 2.32. The van der Waals surface area contributed by atoms with Crippen LogP contribution in [0.25, 0.3) is 0 Å². The maximum atomic E-state index is 9.08. The van der Waals surface area contributed by atoms with Gasteiger partial charge in [-0.25, -0.2) is 4.98 Å². The van der Waals surface area contributed by atoms with Gasteiger partial charge in [0.25, 0.3) is 0 Å². The average Bonchev–Trinajstić information content (AvgIpc) is 2.36. The van der Waals surface area contributed by atoms with Crippen molar-refractivity contribution in [2.75, 3.05) is 7.11 Å². The van der Waals surface area contributed by atoms with Crippen LogP contribution in [0.2, 0.25) is 0 Å². The van der Waals surface area contributed by atoms with E-state index < -0.39 is 0 Å². The summed E-state index contributed by atoms with van der Waals surface area (Å²) in [5.74, 6) is 0. The van der Waals surface area contributed by atoms with Gasteiger partial charge in [0.2, 0.25) is 0 Å². The highest BCUT2D eigenvalue weighted by atomic mass is 32.1. The Morgan fingerprint density at radius 2 is 2.50 bits per heavy atom. The van der Waals surface area contributed by atoms with Crippen LogP contribution in [0.15, 0.2) is 5.38 Å². The summed E-state index contributed by atoms with van der Waals surface area (Å²) in [7, 11) is 1.65. The molecule has 0 aliphatic heterocycles. The van der Waals surface area contributed by atoms with Crippen LogP contribution < -0.4 is 0 Å². The topological polar surface area (TPSA) is 42.4 Å². The fraction of sp³-hybridized carbons (Fsp3) is 0.625. The number of aliphatic hydroxyl groups excluding tert-OH is 1. The lowest BCUT2D eigenvalue weighted by Crippen LogP contribution is -2.04. The number of hydrogen-bond acceptors (Lipinski definition) is 4. The van der Waals surface area contributed by atoms with Crippen LogP contribution >= 0.6 is 11.3 Å². The third kappa shape index (κ3) is 2.89. The number of thiazole rings is 1. The van der Waals surface area contributed by atoms with Crippen LogP contribution in [0, 0.1) is 0 Å². The molecule has 4 heteroatoms. The standard InChI is InChI=1S/C8H13NO2S/c1-6(10)3-7-5-12-8(9-7)4-11-2/h5-6,10H,3-4H2,1-2H3/t6-/m0/s1. The van der Waals surface area contributed by atoms with Gasteiger partial charge >= 0.3 is 0 Å². The van der Waals surface area contributed by atoms with E-state index in [2.05, 4.69) is 4.98 Å². The van der Waals surface area contributed by atoms with Crippen molar-refractivity contribution in [2.45, 2.75) is 26.1 Å². The summed E-state index contributed by atoms with van der Waals surface area (Å²) in [6.07, 6.45) is 0.308. The zero-order chi connectivity index (χ0) is 8.97. The summed E-state index contributed by atoms with van der Waals surface area (Å²) >= 11 is 1.57. The van der Waals surface area contributed by atoms with Crippen LogP contribution in [0.1, 0.15) is 17.6 Å². The molecule has 0 amide bonds. The third-order valence-electron chi connectivity index (χ3n) is 1.37. The quantitative estimate of drug-likeness (QED) is 0.770. The predicted molar refractivity (Wildman–Crippen MR) is 48.2 cm³/mol. The zero-order valence-electron chi connectivity index (χ0n) is 7.28. The SMILES string of the molecule is COCc1nc(C[C@H](C)O)cs1. The minimum atomic E-state index is -0.317. The third-order valence-corrected chi connectivity index (χ3v) is 2.24. The van der Waals surface area contributed by atoms with E-state index in [4.69, 9.17) is 9.84 Å². The molecule has 1 atom stereocenters. The second kappa shape index (κ2) is 4.54. The maximum absolute atomic E-state index is 9.08. The minimum absolute atomic E-state index is 0.317. The Balaban J connectivity index is 2.52. The van der Waals surface area contributed by atoms with Crippen molar-refractivity contribution in [1.29, 1.82) is 0 Å². The van der Waals surface area contributed by atoms with E-state index in [0.717, 1.165) is 10.7 Å². The lowest BCUT2D eigenvalue weighted by Gasteiger charge is -1.98. The lowest BCUT2D eigenvalue weighted by atomic mass is 10.2. The highest BCUT2D eigenvalue weighted by Crippen LogP contribution is 2.11.